The van der Waals surface area contributed by atoms with Crippen molar-refractivity contribution in [3.63, 3.8) is 0 Å². The lowest BCUT2D eigenvalue weighted by Crippen LogP contribution is -2.34. The molecule has 0 spiro atoms. The van der Waals surface area contributed by atoms with Gasteiger partial charge in [0.25, 0.3) is 0 Å². The van der Waals surface area contributed by atoms with Gasteiger partial charge in [-0.3, -0.25) is 4.79 Å². The predicted octanol–water partition coefficient (Wildman–Crippen LogP) is 3.34. The SMILES string of the molecule is CCCc1ccc([C@H](NC(=O)[C@H]2CCS(=O)(=O)C2)c2cccs2)cc1. The molecule has 6 heteroatoms. The van der Waals surface area contributed by atoms with Crippen LogP contribution in [-0.2, 0) is 21.1 Å². The fourth-order valence-corrected chi connectivity index (χ4v) is 5.75. The smallest absolute Gasteiger partial charge is 0.224 e. The van der Waals surface area contributed by atoms with Gasteiger partial charge in [-0.25, -0.2) is 8.42 Å². The zero-order chi connectivity index (χ0) is 17.9. The van der Waals surface area contributed by atoms with Gasteiger partial charge in [0.2, 0.25) is 5.91 Å². The van der Waals surface area contributed by atoms with Crippen LogP contribution in [0.2, 0.25) is 0 Å². The summed E-state index contributed by atoms with van der Waals surface area (Å²) in [4.78, 5) is 13.7. The molecule has 0 bridgehead atoms. The van der Waals surface area contributed by atoms with Gasteiger partial charge in [-0.15, -0.1) is 11.3 Å². The van der Waals surface area contributed by atoms with Gasteiger partial charge >= 0.3 is 0 Å². The standard InChI is InChI=1S/C19H23NO3S2/c1-2-4-14-6-8-15(9-7-14)18(17-5-3-11-24-17)20-19(21)16-10-12-25(22,23)13-16/h3,5-9,11,16,18H,2,4,10,12-13H2,1H3,(H,20,21)/t16-,18-/m0/s1. The maximum absolute atomic E-state index is 12.6. The number of sulfone groups is 1. The summed E-state index contributed by atoms with van der Waals surface area (Å²) in [6, 6.07) is 12.1. The quantitative estimate of drug-likeness (QED) is 0.840. The Balaban J connectivity index is 1.80. The summed E-state index contributed by atoms with van der Waals surface area (Å²) in [5.74, 6) is -0.532. The van der Waals surface area contributed by atoms with E-state index < -0.39 is 15.8 Å². The molecule has 1 aromatic carbocycles. The largest absolute Gasteiger partial charge is 0.344 e. The Kier molecular flexibility index (Phi) is 5.59. The Morgan fingerprint density at radius 2 is 2.04 bits per heavy atom. The van der Waals surface area contributed by atoms with E-state index in [-0.39, 0.29) is 23.5 Å². The van der Waals surface area contributed by atoms with Crippen molar-refractivity contribution in [2.24, 2.45) is 5.92 Å². The molecule has 1 aromatic heterocycles. The molecule has 1 saturated heterocycles. The predicted molar refractivity (Wildman–Crippen MR) is 102 cm³/mol. The van der Waals surface area contributed by atoms with Crippen LogP contribution in [-0.4, -0.2) is 25.8 Å². The van der Waals surface area contributed by atoms with Crippen molar-refractivity contribution in [2.75, 3.05) is 11.5 Å². The topological polar surface area (TPSA) is 63.2 Å². The number of rotatable bonds is 6. The lowest BCUT2D eigenvalue weighted by atomic mass is 10.0. The maximum atomic E-state index is 12.6. The number of hydrogen-bond acceptors (Lipinski definition) is 4. The highest BCUT2D eigenvalue weighted by Crippen LogP contribution is 2.28. The number of thiophene rings is 1. The first-order valence-electron chi connectivity index (χ1n) is 8.61. The molecule has 3 rings (SSSR count). The fourth-order valence-electron chi connectivity index (χ4n) is 3.20. The van der Waals surface area contributed by atoms with E-state index in [1.807, 2.05) is 17.5 Å². The number of aryl methyl sites for hydroxylation is 1. The van der Waals surface area contributed by atoms with Crippen molar-refractivity contribution in [2.45, 2.75) is 32.2 Å². The molecule has 1 amide bonds. The average molecular weight is 378 g/mol. The maximum Gasteiger partial charge on any atom is 0.224 e. The highest BCUT2D eigenvalue weighted by molar-refractivity contribution is 7.91. The summed E-state index contributed by atoms with van der Waals surface area (Å²) >= 11 is 1.59. The van der Waals surface area contributed by atoms with Gasteiger partial charge in [0.1, 0.15) is 0 Å². The molecule has 2 heterocycles. The van der Waals surface area contributed by atoms with Crippen LogP contribution in [0.3, 0.4) is 0 Å². The number of carbonyl (C=O) groups is 1. The fraction of sp³-hybridized carbons (Fsp3) is 0.421. The Labute approximate surface area is 153 Å². The number of nitrogens with one attached hydrogen (secondary N) is 1. The van der Waals surface area contributed by atoms with Gasteiger partial charge in [-0.2, -0.15) is 0 Å². The average Bonchev–Trinajstić information content (AvgIpc) is 3.23. The van der Waals surface area contributed by atoms with E-state index in [1.165, 1.54) is 5.56 Å². The molecule has 25 heavy (non-hydrogen) atoms. The summed E-state index contributed by atoms with van der Waals surface area (Å²) in [5.41, 5.74) is 2.31. The zero-order valence-electron chi connectivity index (χ0n) is 14.3. The van der Waals surface area contributed by atoms with E-state index in [0.717, 1.165) is 23.3 Å². The van der Waals surface area contributed by atoms with E-state index in [2.05, 4.69) is 36.5 Å². The molecular formula is C19H23NO3S2. The number of hydrogen-bond donors (Lipinski definition) is 1. The first-order valence-corrected chi connectivity index (χ1v) is 11.3. The van der Waals surface area contributed by atoms with Crippen LogP contribution in [0.1, 0.15) is 41.8 Å². The van der Waals surface area contributed by atoms with E-state index in [0.29, 0.717) is 6.42 Å². The molecule has 1 fully saturated rings. The molecule has 0 radical (unpaired) electrons. The van der Waals surface area contributed by atoms with Crippen molar-refractivity contribution < 1.29 is 13.2 Å². The van der Waals surface area contributed by atoms with Crippen molar-refractivity contribution >= 4 is 27.1 Å². The van der Waals surface area contributed by atoms with Crippen LogP contribution in [0, 0.1) is 5.92 Å². The van der Waals surface area contributed by atoms with E-state index in [1.54, 1.807) is 11.3 Å². The van der Waals surface area contributed by atoms with Crippen LogP contribution in [0.25, 0.3) is 0 Å². The summed E-state index contributed by atoms with van der Waals surface area (Å²) in [6.07, 6.45) is 2.55. The zero-order valence-corrected chi connectivity index (χ0v) is 15.9. The van der Waals surface area contributed by atoms with Crippen LogP contribution >= 0.6 is 11.3 Å². The molecule has 2 atom stereocenters. The Morgan fingerprint density at radius 1 is 1.28 bits per heavy atom. The summed E-state index contributed by atoms with van der Waals surface area (Å²) < 4.78 is 23.3. The highest BCUT2D eigenvalue weighted by atomic mass is 32.2. The van der Waals surface area contributed by atoms with Crippen molar-refractivity contribution in [3.05, 3.63) is 57.8 Å². The minimum atomic E-state index is -3.06. The van der Waals surface area contributed by atoms with Gasteiger partial charge in [-0.1, -0.05) is 43.7 Å². The minimum Gasteiger partial charge on any atom is -0.344 e. The van der Waals surface area contributed by atoms with Gasteiger partial charge in [-0.05, 0) is 35.4 Å². The first-order chi connectivity index (χ1) is 12.0. The van der Waals surface area contributed by atoms with Gasteiger partial charge in [0.15, 0.2) is 9.84 Å². The summed E-state index contributed by atoms with van der Waals surface area (Å²) in [6.45, 7) is 2.15. The Hall–Kier alpha value is -1.66. The number of carbonyl (C=O) groups excluding carboxylic acids is 1. The van der Waals surface area contributed by atoms with Crippen LogP contribution < -0.4 is 5.32 Å². The summed E-state index contributed by atoms with van der Waals surface area (Å²) in [7, 11) is -3.06. The van der Waals surface area contributed by atoms with Crippen LogP contribution in [0.4, 0.5) is 0 Å². The molecule has 1 N–H and O–H groups in total. The molecule has 2 aromatic rings. The van der Waals surface area contributed by atoms with E-state index in [4.69, 9.17) is 0 Å². The second-order valence-electron chi connectivity index (χ2n) is 6.55. The third-order valence-electron chi connectivity index (χ3n) is 4.57. The second kappa shape index (κ2) is 7.70. The third-order valence-corrected chi connectivity index (χ3v) is 7.27. The third kappa shape index (κ3) is 4.50. The van der Waals surface area contributed by atoms with Gasteiger partial charge in [0, 0.05) is 4.88 Å². The van der Waals surface area contributed by atoms with Gasteiger partial charge < -0.3 is 5.32 Å². The summed E-state index contributed by atoms with van der Waals surface area (Å²) in [5, 5.41) is 5.06. The molecule has 1 aliphatic heterocycles. The minimum absolute atomic E-state index is 0.0363. The normalized spacial score (nSPS) is 20.3. The van der Waals surface area contributed by atoms with Crippen molar-refractivity contribution in [1.82, 2.24) is 5.32 Å². The highest BCUT2D eigenvalue weighted by Gasteiger charge is 2.34. The lowest BCUT2D eigenvalue weighted by molar-refractivity contribution is -0.124. The molecule has 1 aliphatic rings. The number of benzene rings is 1. The molecule has 0 aliphatic carbocycles. The van der Waals surface area contributed by atoms with Crippen molar-refractivity contribution in [3.8, 4) is 0 Å². The molecule has 0 unspecified atom stereocenters. The van der Waals surface area contributed by atoms with E-state index >= 15 is 0 Å². The monoisotopic (exact) mass is 377 g/mol. The molecule has 4 nitrogen and oxygen atoms in total. The van der Waals surface area contributed by atoms with Gasteiger partial charge in [0.05, 0.1) is 23.5 Å². The lowest BCUT2D eigenvalue weighted by Gasteiger charge is -2.20. The van der Waals surface area contributed by atoms with Crippen LogP contribution in [0.5, 0.6) is 0 Å². The van der Waals surface area contributed by atoms with E-state index in [9.17, 15) is 13.2 Å². The molecule has 0 saturated carbocycles. The number of amides is 1. The Morgan fingerprint density at radius 3 is 2.60 bits per heavy atom. The second-order valence-corrected chi connectivity index (χ2v) is 9.76. The Bertz CT molecular complexity index is 811. The van der Waals surface area contributed by atoms with Crippen LogP contribution in [0.15, 0.2) is 41.8 Å². The van der Waals surface area contributed by atoms with Crippen molar-refractivity contribution in [1.29, 1.82) is 0 Å². The first kappa shape index (κ1) is 18.1. The molecule has 134 valence electrons. The molecular weight excluding hydrogens is 354 g/mol.